The van der Waals surface area contributed by atoms with Gasteiger partial charge in [0.1, 0.15) is 18.1 Å². The van der Waals surface area contributed by atoms with Crippen molar-refractivity contribution in [1.29, 1.82) is 0 Å². The van der Waals surface area contributed by atoms with Crippen molar-refractivity contribution in [2.45, 2.75) is 45.8 Å². The van der Waals surface area contributed by atoms with E-state index in [1.54, 1.807) is 18.5 Å². The fourth-order valence-electron chi connectivity index (χ4n) is 3.77. The van der Waals surface area contributed by atoms with E-state index < -0.39 is 26.2 Å². The van der Waals surface area contributed by atoms with Gasteiger partial charge in [0, 0.05) is 63.4 Å². The summed E-state index contributed by atoms with van der Waals surface area (Å²) in [4.78, 5) is 4.54. The summed E-state index contributed by atoms with van der Waals surface area (Å²) < 4.78 is 44.5. The number of hydrogen-bond acceptors (Lipinski definition) is 5. The summed E-state index contributed by atoms with van der Waals surface area (Å²) >= 11 is 0. The zero-order chi connectivity index (χ0) is 24.4. The molecule has 0 fully saturated rings. The highest BCUT2D eigenvalue weighted by atomic mass is 28.3. The zero-order valence-corrected chi connectivity index (χ0v) is 20.9. The van der Waals surface area contributed by atoms with Crippen LogP contribution in [0.1, 0.15) is 19.9 Å². The molecular weight excluding hydrogens is 456 g/mol. The predicted molar refractivity (Wildman–Crippen MR) is 132 cm³/mol. The number of anilines is 1. The topological polar surface area (TPSA) is 80.1 Å². The number of halogens is 2. The van der Waals surface area contributed by atoms with Crippen LogP contribution in [-0.4, -0.2) is 34.7 Å². The lowest BCUT2D eigenvalue weighted by Crippen LogP contribution is -2.08. The van der Waals surface area contributed by atoms with Crippen LogP contribution in [0.4, 0.5) is 14.5 Å². The van der Waals surface area contributed by atoms with Gasteiger partial charge in [0.25, 0.3) is 0 Å². The first-order valence-electron chi connectivity index (χ1n) is 11.3. The Balaban J connectivity index is 1.83. The molecule has 180 valence electrons. The third-order valence-corrected chi connectivity index (χ3v) is 6.85. The van der Waals surface area contributed by atoms with Crippen LogP contribution < -0.4 is 10.5 Å². The van der Waals surface area contributed by atoms with E-state index in [-0.39, 0.29) is 17.5 Å². The zero-order valence-electron chi connectivity index (χ0n) is 19.8. The van der Waals surface area contributed by atoms with Crippen LogP contribution in [0, 0.1) is 11.6 Å². The third-order valence-electron chi connectivity index (χ3n) is 5.46. The molecule has 4 rings (SSSR count). The molecular formula is C24H29F2N5O2Si. The number of benzene rings is 1. The van der Waals surface area contributed by atoms with Gasteiger partial charge in [-0.2, -0.15) is 5.10 Å². The van der Waals surface area contributed by atoms with E-state index in [1.165, 1.54) is 0 Å². The highest BCUT2D eigenvalue weighted by Crippen LogP contribution is 2.40. The summed E-state index contributed by atoms with van der Waals surface area (Å²) in [5.74, 6) is -2.00. The molecule has 0 spiro atoms. The van der Waals surface area contributed by atoms with Gasteiger partial charge in [0.05, 0.1) is 11.1 Å². The van der Waals surface area contributed by atoms with Crippen molar-refractivity contribution >= 4 is 25.5 Å². The first-order chi connectivity index (χ1) is 16.3. The smallest absolute Gasteiger partial charge is 0.198 e. The van der Waals surface area contributed by atoms with Crippen LogP contribution in [0.25, 0.3) is 22.3 Å². The van der Waals surface area contributed by atoms with Crippen LogP contribution >= 0.6 is 0 Å². The molecule has 0 amide bonds. The molecule has 0 aliphatic heterocycles. The van der Waals surface area contributed by atoms with Crippen molar-refractivity contribution in [3.05, 3.63) is 54.5 Å². The van der Waals surface area contributed by atoms with E-state index in [4.69, 9.17) is 15.2 Å². The Morgan fingerprint density at radius 3 is 2.53 bits per heavy atom. The summed E-state index contributed by atoms with van der Waals surface area (Å²) in [5.41, 5.74) is 7.74. The second kappa shape index (κ2) is 9.94. The van der Waals surface area contributed by atoms with Gasteiger partial charge in [-0.15, -0.1) is 0 Å². The predicted octanol–water partition coefficient (Wildman–Crippen LogP) is 5.59. The van der Waals surface area contributed by atoms with Crippen LogP contribution in [0.15, 0.2) is 42.9 Å². The summed E-state index contributed by atoms with van der Waals surface area (Å²) in [6.07, 6.45) is 5.19. The number of nitrogens with two attached hydrogens (primary N) is 1. The SMILES string of the molecule is CC(C)n1nccc1-c1cn(COCC[SiH](C)C)c2nccc(Oc3c(F)cc(N)cc3F)c12. The molecule has 1 aromatic carbocycles. The Kier molecular flexibility index (Phi) is 6.99. The van der Waals surface area contributed by atoms with Crippen LogP contribution in [0.2, 0.25) is 19.1 Å². The van der Waals surface area contributed by atoms with E-state index in [0.717, 1.165) is 29.4 Å². The molecule has 0 saturated heterocycles. The fourth-order valence-corrected chi connectivity index (χ4v) is 4.41. The molecule has 3 aromatic heterocycles. The fraction of sp³-hybridized carbons (Fsp3) is 0.333. The number of fused-ring (bicyclic) bond motifs is 1. The van der Waals surface area contributed by atoms with Gasteiger partial charge in [0.15, 0.2) is 17.4 Å². The van der Waals surface area contributed by atoms with Gasteiger partial charge in [0.2, 0.25) is 0 Å². The molecule has 0 aliphatic carbocycles. The molecule has 34 heavy (non-hydrogen) atoms. The number of aromatic nitrogens is 4. The van der Waals surface area contributed by atoms with Crippen LogP contribution in [0.3, 0.4) is 0 Å². The normalized spacial score (nSPS) is 11.8. The highest BCUT2D eigenvalue weighted by molar-refractivity contribution is 6.55. The molecule has 0 bridgehead atoms. The second-order valence-electron chi connectivity index (χ2n) is 8.91. The van der Waals surface area contributed by atoms with Crippen molar-refractivity contribution in [2.75, 3.05) is 12.3 Å². The number of hydrogen-bond donors (Lipinski definition) is 1. The molecule has 4 aromatic rings. The number of ether oxygens (including phenoxy) is 2. The van der Waals surface area contributed by atoms with E-state index >= 15 is 0 Å². The van der Waals surface area contributed by atoms with E-state index in [9.17, 15) is 8.78 Å². The van der Waals surface area contributed by atoms with Gasteiger partial charge in [-0.05, 0) is 32.0 Å². The minimum atomic E-state index is -0.878. The summed E-state index contributed by atoms with van der Waals surface area (Å²) in [7, 11) is -0.722. The minimum absolute atomic E-state index is 0.0171. The lowest BCUT2D eigenvalue weighted by atomic mass is 10.1. The molecule has 0 atom stereocenters. The molecule has 2 N–H and O–H groups in total. The van der Waals surface area contributed by atoms with E-state index in [0.29, 0.717) is 24.4 Å². The standard InChI is InChI=1S/C24H29F2N5O2Si/c1-15(2)31-20(5-8-29-31)17-13-30(14-32-9-10-34(3)4)24-22(17)21(6-7-28-24)33-23-18(25)11-16(27)12-19(23)26/h5-8,11-13,15,34H,9-10,14,27H2,1-4H3. The summed E-state index contributed by atoms with van der Waals surface area (Å²) in [6.45, 7) is 9.59. The first kappa shape index (κ1) is 23.9. The number of nitrogen functional groups attached to an aromatic ring is 1. The average molecular weight is 486 g/mol. The molecule has 0 unspecified atom stereocenters. The maximum absolute atomic E-state index is 14.5. The van der Waals surface area contributed by atoms with Crippen molar-refractivity contribution in [1.82, 2.24) is 19.3 Å². The Morgan fingerprint density at radius 1 is 1.12 bits per heavy atom. The molecule has 7 nitrogen and oxygen atoms in total. The Hall–Kier alpha value is -3.24. The van der Waals surface area contributed by atoms with Crippen LogP contribution in [-0.2, 0) is 11.5 Å². The van der Waals surface area contributed by atoms with Crippen molar-refractivity contribution in [3.63, 3.8) is 0 Å². The third kappa shape index (κ3) is 4.83. The van der Waals surface area contributed by atoms with E-state index in [2.05, 4.69) is 23.2 Å². The van der Waals surface area contributed by atoms with Crippen molar-refractivity contribution < 1.29 is 18.3 Å². The second-order valence-corrected chi connectivity index (χ2v) is 12.3. The quantitative estimate of drug-likeness (QED) is 0.190. The first-order valence-corrected chi connectivity index (χ1v) is 14.4. The van der Waals surface area contributed by atoms with Gasteiger partial charge in [-0.1, -0.05) is 13.1 Å². The van der Waals surface area contributed by atoms with Gasteiger partial charge < -0.3 is 19.8 Å². The number of pyridine rings is 1. The molecule has 0 saturated carbocycles. The molecule has 3 heterocycles. The Morgan fingerprint density at radius 2 is 1.85 bits per heavy atom. The largest absolute Gasteiger partial charge is 0.450 e. The highest BCUT2D eigenvalue weighted by Gasteiger charge is 2.22. The summed E-state index contributed by atoms with van der Waals surface area (Å²) in [6, 6.07) is 6.72. The lowest BCUT2D eigenvalue weighted by molar-refractivity contribution is 0.0903. The maximum Gasteiger partial charge on any atom is 0.198 e. The van der Waals surface area contributed by atoms with Gasteiger partial charge in [-0.3, -0.25) is 4.68 Å². The number of rotatable bonds is 9. The monoisotopic (exact) mass is 485 g/mol. The molecule has 0 radical (unpaired) electrons. The van der Waals surface area contributed by atoms with Gasteiger partial charge in [-0.25, -0.2) is 13.8 Å². The van der Waals surface area contributed by atoms with Crippen LogP contribution in [0.5, 0.6) is 11.5 Å². The maximum atomic E-state index is 14.5. The Labute approximate surface area is 198 Å². The van der Waals surface area contributed by atoms with Crippen molar-refractivity contribution in [2.24, 2.45) is 0 Å². The molecule has 10 heteroatoms. The summed E-state index contributed by atoms with van der Waals surface area (Å²) in [5, 5.41) is 5.05. The van der Waals surface area contributed by atoms with Crippen molar-refractivity contribution in [3.8, 4) is 22.8 Å². The minimum Gasteiger partial charge on any atom is -0.450 e. The van der Waals surface area contributed by atoms with E-state index in [1.807, 2.05) is 35.4 Å². The lowest BCUT2D eigenvalue weighted by Gasteiger charge is -2.13. The Bertz CT molecular complexity index is 1280. The molecule has 0 aliphatic rings. The number of nitrogens with zero attached hydrogens (tertiary/aromatic N) is 4. The average Bonchev–Trinajstić information content (AvgIpc) is 3.39. The van der Waals surface area contributed by atoms with Gasteiger partial charge >= 0.3 is 0 Å².